The smallest absolute Gasteiger partial charge is 0.326 e. The number of aliphatic carboxylic acids is 2. The first-order chi connectivity index (χ1) is 24.2. The summed E-state index contributed by atoms with van der Waals surface area (Å²) in [6.45, 7) is 4.84. The van der Waals surface area contributed by atoms with Crippen molar-refractivity contribution in [3.05, 3.63) is 0 Å². The topological polar surface area (TPSA) is 347 Å². The quantitative estimate of drug-likeness (QED) is 0.0419. The standard InChI is InChI=1S/C30H51N9O12S/c1-6-14(2)24(30(50)51)39-26(46)16(4)35-29(49)19(11-23(43)44)38-28(48)18(9-10-52-5)37-27(47)17(7-8-20(32)40)36-22(42)13-33-21(41)12-34-25(45)15(3)31/h14-19,24H,6-13,31H2,1-5H3,(H2,32,40)(H,33,41)(H,34,45)(H,35,49)(H,36,42)(H,37,47)(H,38,48)(H,39,46)(H,43,44)(H,50,51)/t14-,15-,16-,17-,18-,19-,24-/m0/s1. The number of carbonyl (C=O) groups excluding carboxylic acids is 8. The second kappa shape index (κ2) is 24.2. The molecule has 0 aliphatic rings. The highest BCUT2D eigenvalue weighted by atomic mass is 32.2. The molecular formula is C30H51N9O12S. The lowest BCUT2D eigenvalue weighted by Gasteiger charge is -2.26. The molecule has 0 saturated heterocycles. The molecule has 294 valence electrons. The first-order valence-corrected chi connectivity index (χ1v) is 17.7. The number of carboxylic acids is 2. The molecule has 0 unspecified atom stereocenters. The zero-order valence-electron chi connectivity index (χ0n) is 29.7. The van der Waals surface area contributed by atoms with Crippen LogP contribution in [0.3, 0.4) is 0 Å². The molecule has 13 N–H and O–H groups in total. The number of nitrogens with one attached hydrogen (secondary N) is 7. The number of amides is 8. The van der Waals surface area contributed by atoms with Gasteiger partial charge in [0.15, 0.2) is 0 Å². The molecule has 0 spiro atoms. The fourth-order valence-electron chi connectivity index (χ4n) is 4.14. The Morgan fingerprint density at radius 2 is 1.21 bits per heavy atom. The summed E-state index contributed by atoms with van der Waals surface area (Å²) in [5.74, 6) is -9.91. The predicted molar refractivity (Wildman–Crippen MR) is 186 cm³/mol. The van der Waals surface area contributed by atoms with Gasteiger partial charge in [-0.05, 0) is 44.6 Å². The monoisotopic (exact) mass is 761 g/mol. The lowest BCUT2D eigenvalue weighted by atomic mass is 9.99. The van der Waals surface area contributed by atoms with E-state index in [4.69, 9.17) is 11.5 Å². The number of rotatable bonds is 25. The van der Waals surface area contributed by atoms with Gasteiger partial charge in [0.05, 0.1) is 25.6 Å². The third kappa shape index (κ3) is 18.8. The third-order valence-corrected chi connectivity index (χ3v) is 8.04. The molecule has 0 aliphatic carbocycles. The molecule has 0 heterocycles. The SMILES string of the molecule is CC[C@H](C)[C@H](NC(=O)[C@H](C)NC(=O)[C@H](CC(=O)O)NC(=O)[C@H](CCSC)NC(=O)[C@H](CCC(N)=O)NC(=O)CNC(=O)CNC(=O)[C@H](C)N)C(=O)O. The van der Waals surface area contributed by atoms with Crippen molar-refractivity contribution in [2.75, 3.05) is 25.1 Å². The van der Waals surface area contributed by atoms with Crippen LogP contribution in [0.2, 0.25) is 0 Å². The predicted octanol–water partition coefficient (Wildman–Crippen LogP) is -4.37. The van der Waals surface area contributed by atoms with Crippen LogP contribution in [0.15, 0.2) is 0 Å². The van der Waals surface area contributed by atoms with E-state index < -0.39 is 121 Å². The van der Waals surface area contributed by atoms with E-state index in [1.54, 1.807) is 20.1 Å². The van der Waals surface area contributed by atoms with Gasteiger partial charge >= 0.3 is 11.9 Å². The molecule has 0 radical (unpaired) electrons. The minimum atomic E-state index is -1.74. The Hall–Kier alpha value is -4.99. The van der Waals surface area contributed by atoms with Gasteiger partial charge in [-0.1, -0.05) is 20.3 Å². The van der Waals surface area contributed by atoms with Crippen LogP contribution in [-0.2, 0) is 47.9 Å². The highest BCUT2D eigenvalue weighted by Crippen LogP contribution is 2.09. The highest BCUT2D eigenvalue weighted by molar-refractivity contribution is 7.98. The molecule has 0 fully saturated rings. The maximum Gasteiger partial charge on any atom is 0.326 e. The molecule has 21 nitrogen and oxygen atoms in total. The summed E-state index contributed by atoms with van der Waals surface area (Å²) in [6, 6.07) is -8.06. The van der Waals surface area contributed by atoms with Gasteiger partial charge in [0, 0.05) is 6.42 Å². The van der Waals surface area contributed by atoms with Gasteiger partial charge < -0.3 is 58.9 Å². The Bertz CT molecular complexity index is 1320. The van der Waals surface area contributed by atoms with E-state index in [1.165, 1.54) is 25.6 Å². The second-order valence-corrected chi connectivity index (χ2v) is 12.8. The molecule has 0 aromatic heterocycles. The number of primary amides is 1. The third-order valence-electron chi connectivity index (χ3n) is 7.40. The largest absolute Gasteiger partial charge is 0.481 e. The molecule has 22 heteroatoms. The van der Waals surface area contributed by atoms with Crippen LogP contribution in [0, 0.1) is 5.92 Å². The molecule has 0 saturated carbocycles. The van der Waals surface area contributed by atoms with Crippen LogP contribution in [0.4, 0.5) is 0 Å². The van der Waals surface area contributed by atoms with E-state index in [9.17, 15) is 58.2 Å². The second-order valence-electron chi connectivity index (χ2n) is 11.9. The maximum absolute atomic E-state index is 13.4. The van der Waals surface area contributed by atoms with Gasteiger partial charge in [-0.2, -0.15) is 11.8 Å². The average Bonchev–Trinajstić information content (AvgIpc) is 3.06. The van der Waals surface area contributed by atoms with E-state index in [0.717, 1.165) is 0 Å². The zero-order chi connectivity index (χ0) is 40.1. The summed E-state index contributed by atoms with van der Waals surface area (Å²) in [7, 11) is 0. The van der Waals surface area contributed by atoms with Gasteiger partial charge in [-0.25, -0.2) is 4.79 Å². The van der Waals surface area contributed by atoms with Crippen LogP contribution >= 0.6 is 11.8 Å². The minimum absolute atomic E-state index is 0.0369. The molecular weight excluding hydrogens is 710 g/mol. The Labute approximate surface area is 304 Å². The van der Waals surface area contributed by atoms with E-state index in [1.807, 2.05) is 0 Å². The molecule has 0 aromatic rings. The highest BCUT2D eigenvalue weighted by Gasteiger charge is 2.33. The van der Waals surface area contributed by atoms with Crippen molar-refractivity contribution in [2.24, 2.45) is 17.4 Å². The first-order valence-electron chi connectivity index (χ1n) is 16.3. The zero-order valence-corrected chi connectivity index (χ0v) is 30.6. The van der Waals surface area contributed by atoms with Gasteiger partial charge in [-0.15, -0.1) is 0 Å². The minimum Gasteiger partial charge on any atom is -0.481 e. The van der Waals surface area contributed by atoms with Crippen LogP contribution in [0.1, 0.15) is 59.8 Å². The Morgan fingerprint density at radius 3 is 1.71 bits per heavy atom. The number of hydrogen-bond donors (Lipinski definition) is 11. The number of thioether (sulfide) groups is 1. The summed E-state index contributed by atoms with van der Waals surface area (Å²) in [5, 5.41) is 34.9. The van der Waals surface area contributed by atoms with Gasteiger partial charge in [0.1, 0.15) is 30.2 Å². The maximum atomic E-state index is 13.4. The van der Waals surface area contributed by atoms with Crippen LogP contribution in [-0.4, -0.2) is 131 Å². The first kappa shape index (κ1) is 47.0. The Morgan fingerprint density at radius 1 is 0.673 bits per heavy atom. The normalized spacial score (nSPS) is 14.7. The van der Waals surface area contributed by atoms with Crippen molar-refractivity contribution in [1.82, 2.24) is 37.2 Å². The molecule has 0 aliphatic heterocycles. The molecule has 0 aromatic carbocycles. The molecule has 52 heavy (non-hydrogen) atoms. The summed E-state index contributed by atoms with van der Waals surface area (Å²) >= 11 is 1.29. The van der Waals surface area contributed by atoms with Crippen LogP contribution in [0.5, 0.6) is 0 Å². The average molecular weight is 762 g/mol. The number of hydrogen-bond acceptors (Lipinski definition) is 12. The molecule has 0 bridgehead atoms. The summed E-state index contributed by atoms with van der Waals surface area (Å²) < 4.78 is 0. The van der Waals surface area contributed by atoms with Gasteiger partial charge in [0.2, 0.25) is 47.3 Å². The number of carboxylic acid groups (broad SMARTS) is 2. The number of carbonyl (C=O) groups is 10. The van der Waals surface area contributed by atoms with E-state index >= 15 is 0 Å². The lowest BCUT2D eigenvalue weighted by molar-refractivity contribution is -0.144. The van der Waals surface area contributed by atoms with Gasteiger partial charge in [0.25, 0.3) is 0 Å². The summed E-state index contributed by atoms with van der Waals surface area (Å²) in [5.41, 5.74) is 10.6. The molecule has 8 amide bonds. The number of nitrogens with two attached hydrogens (primary N) is 2. The summed E-state index contributed by atoms with van der Waals surface area (Å²) in [6.07, 6.45) is 0.473. The van der Waals surface area contributed by atoms with Crippen molar-refractivity contribution in [3.63, 3.8) is 0 Å². The van der Waals surface area contributed by atoms with Crippen LogP contribution in [0.25, 0.3) is 0 Å². The van der Waals surface area contributed by atoms with Crippen molar-refractivity contribution < 1.29 is 58.2 Å². The van der Waals surface area contributed by atoms with Crippen molar-refractivity contribution in [3.8, 4) is 0 Å². The van der Waals surface area contributed by atoms with Crippen LogP contribution < -0.4 is 48.7 Å². The van der Waals surface area contributed by atoms with Gasteiger partial charge in [-0.3, -0.25) is 43.2 Å². The van der Waals surface area contributed by atoms with Crippen molar-refractivity contribution in [2.45, 2.75) is 96.1 Å². The van der Waals surface area contributed by atoms with E-state index in [0.29, 0.717) is 6.42 Å². The Balaban J connectivity index is 5.81. The fourth-order valence-corrected chi connectivity index (χ4v) is 4.62. The summed E-state index contributed by atoms with van der Waals surface area (Å²) in [4.78, 5) is 123. The molecule has 7 atom stereocenters. The van der Waals surface area contributed by atoms with Crippen molar-refractivity contribution in [1.29, 1.82) is 0 Å². The molecule has 0 rings (SSSR count). The van der Waals surface area contributed by atoms with E-state index in [-0.39, 0.29) is 25.0 Å². The van der Waals surface area contributed by atoms with Crippen molar-refractivity contribution >= 4 is 71.0 Å². The fraction of sp³-hybridized carbons (Fsp3) is 0.667. The van der Waals surface area contributed by atoms with E-state index in [2.05, 4.69) is 37.2 Å². The lowest BCUT2D eigenvalue weighted by Crippen LogP contribution is -2.59. The Kier molecular flexibility index (Phi) is 21.9.